The fourth-order valence-electron chi connectivity index (χ4n) is 3.06. The number of fused-ring (bicyclic) bond motifs is 1. The lowest BCUT2D eigenvalue weighted by atomic mass is 10.2. The van der Waals surface area contributed by atoms with Crippen molar-refractivity contribution in [1.29, 1.82) is 0 Å². The third-order valence-electron chi connectivity index (χ3n) is 4.59. The van der Waals surface area contributed by atoms with Gasteiger partial charge in [0.15, 0.2) is 23.1 Å². The number of hydrogen-bond acceptors (Lipinski definition) is 6. The zero-order chi connectivity index (χ0) is 23.4. The first-order valence-corrected chi connectivity index (χ1v) is 10.5. The molecule has 7 nitrogen and oxygen atoms in total. The van der Waals surface area contributed by atoms with Crippen molar-refractivity contribution in [1.82, 2.24) is 9.97 Å². The quantitative estimate of drug-likeness (QED) is 0.352. The van der Waals surface area contributed by atoms with E-state index in [2.05, 4.69) is 20.6 Å². The summed E-state index contributed by atoms with van der Waals surface area (Å²) in [7, 11) is 3.11. The first kappa shape index (κ1) is 22.3. The van der Waals surface area contributed by atoms with Crippen LogP contribution >= 0.6 is 11.8 Å². The van der Waals surface area contributed by atoms with Crippen LogP contribution in [0, 0.1) is 11.6 Å². The summed E-state index contributed by atoms with van der Waals surface area (Å²) in [5.41, 5.74) is 1.34. The summed E-state index contributed by atoms with van der Waals surface area (Å²) < 4.78 is 37.1. The van der Waals surface area contributed by atoms with Gasteiger partial charge in [-0.3, -0.25) is 0 Å². The van der Waals surface area contributed by atoms with Crippen LogP contribution in [0.15, 0.2) is 70.8 Å². The number of amides is 2. The van der Waals surface area contributed by atoms with E-state index in [0.29, 0.717) is 27.7 Å². The van der Waals surface area contributed by atoms with Crippen LogP contribution in [0.2, 0.25) is 0 Å². The number of anilines is 2. The van der Waals surface area contributed by atoms with Gasteiger partial charge in [0, 0.05) is 33.8 Å². The molecule has 3 aromatic carbocycles. The van der Waals surface area contributed by atoms with Crippen molar-refractivity contribution >= 4 is 40.1 Å². The maximum absolute atomic E-state index is 13.3. The summed E-state index contributed by atoms with van der Waals surface area (Å²) in [5.74, 6) is -0.902. The van der Waals surface area contributed by atoms with E-state index in [0.717, 1.165) is 22.4 Å². The van der Waals surface area contributed by atoms with Gasteiger partial charge in [0.2, 0.25) is 0 Å². The van der Waals surface area contributed by atoms with E-state index in [4.69, 9.17) is 9.47 Å². The SMILES string of the molecule is COc1cc2ncnc(Sc3cccc(NC(=O)Nc4ccc(F)c(F)c4)c3)c2cc1OC. The predicted octanol–water partition coefficient (Wildman–Crippen LogP) is 5.72. The molecule has 0 spiro atoms. The summed E-state index contributed by atoms with van der Waals surface area (Å²) in [4.78, 5) is 21.8. The highest BCUT2D eigenvalue weighted by atomic mass is 32.2. The highest BCUT2D eigenvalue weighted by molar-refractivity contribution is 7.99. The minimum Gasteiger partial charge on any atom is -0.493 e. The van der Waals surface area contributed by atoms with E-state index in [1.165, 1.54) is 24.2 Å². The maximum Gasteiger partial charge on any atom is 0.323 e. The maximum atomic E-state index is 13.3. The molecule has 0 fully saturated rings. The fourth-order valence-corrected chi connectivity index (χ4v) is 3.99. The van der Waals surface area contributed by atoms with Gasteiger partial charge in [-0.1, -0.05) is 17.8 Å². The van der Waals surface area contributed by atoms with Crippen LogP contribution < -0.4 is 20.1 Å². The van der Waals surface area contributed by atoms with E-state index in [1.807, 2.05) is 12.1 Å². The summed E-state index contributed by atoms with van der Waals surface area (Å²) in [6.45, 7) is 0. The number of rotatable bonds is 6. The molecule has 2 amide bonds. The van der Waals surface area contributed by atoms with Crippen LogP contribution in [0.5, 0.6) is 11.5 Å². The third kappa shape index (κ3) is 5.12. The molecule has 2 N–H and O–H groups in total. The molecule has 0 unspecified atom stereocenters. The largest absolute Gasteiger partial charge is 0.493 e. The second-order valence-corrected chi connectivity index (χ2v) is 7.80. The lowest BCUT2D eigenvalue weighted by Gasteiger charge is -2.11. The minimum absolute atomic E-state index is 0.133. The predicted molar refractivity (Wildman–Crippen MR) is 122 cm³/mol. The lowest BCUT2D eigenvalue weighted by molar-refractivity contribution is 0.262. The Kier molecular flexibility index (Phi) is 6.55. The Morgan fingerprint density at radius 3 is 2.33 bits per heavy atom. The number of halogens is 2. The number of hydrogen-bond donors (Lipinski definition) is 2. The topological polar surface area (TPSA) is 85.4 Å². The van der Waals surface area contributed by atoms with Crippen LogP contribution in [0.4, 0.5) is 25.0 Å². The van der Waals surface area contributed by atoms with Crippen LogP contribution in [-0.4, -0.2) is 30.2 Å². The molecule has 0 atom stereocenters. The number of carbonyl (C=O) groups is 1. The zero-order valence-corrected chi connectivity index (χ0v) is 18.4. The molecule has 0 aliphatic rings. The van der Waals surface area contributed by atoms with Crippen molar-refractivity contribution < 1.29 is 23.0 Å². The Labute approximate surface area is 192 Å². The second-order valence-electron chi connectivity index (χ2n) is 6.74. The van der Waals surface area contributed by atoms with Gasteiger partial charge < -0.3 is 20.1 Å². The standard InChI is InChI=1S/C23H18F2N4O3S/c1-31-20-10-16-19(11-21(20)32-2)26-12-27-22(16)33-15-5-3-4-13(8-15)28-23(30)29-14-6-7-17(24)18(25)9-14/h3-12H,1-2H3,(H2,28,29,30). The van der Waals surface area contributed by atoms with Crippen LogP contribution in [0.1, 0.15) is 0 Å². The molecule has 4 rings (SSSR count). The Bertz CT molecular complexity index is 1340. The minimum atomic E-state index is -1.04. The van der Waals surface area contributed by atoms with Crippen molar-refractivity contribution in [3.05, 3.63) is 72.6 Å². The van der Waals surface area contributed by atoms with Crippen LogP contribution in [-0.2, 0) is 0 Å². The smallest absolute Gasteiger partial charge is 0.323 e. The molecule has 1 aromatic heterocycles. The van der Waals surface area contributed by atoms with E-state index in [9.17, 15) is 13.6 Å². The molecular formula is C23H18F2N4O3S. The van der Waals surface area contributed by atoms with Crippen molar-refractivity contribution in [3.63, 3.8) is 0 Å². The number of nitrogens with zero attached hydrogens (tertiary/aromatic N) is 2. The molecule has 4 aromatic rings. The van der Waals surface area contributed by atoms with Gasteiger partial charge in [-0.05, 0) is 36.4 Å². The molecule has 0 saturated heterocycles. The monoisotopic (exact) mass is 468 g/mol. The fraction of sp³-hybridized carbons (Fsp3) is 0.0870. The van der Waals surface area contributed by atoms with E-state index in [1.54, 1.807) is 38.5 Å². The van der Waals surface area contributed by atoms with Gasteiger partial charge >= 0.3 is 6.03 Å². The molecule has 10 heteroatoms. The molecule has 0 aliphatic heterocycles. The average Bonchev–Trinajstić information content (AvgIpc) is 2.81. The van der Waals surface area contributed by atoms with Crippen molar-refractivity contribution in [2.45, 2.75) is 9.92 Å². The Morgan fingerprint density at radius 1 is 0.879 bits per heavy atom. The number of aromatic nitrogens is 2. The van der Waals surface area contributed by atoms with Gasteiger partial charge in [0.25, 0.3) is 0 Å². The number of benzene rings is 3. The van der Waals surface area contributed by atoms with E-state index in [-0.39, 0.29) is 5.69 Å². The number of urea groups is 1. The van der Waals surface area contributed by atoms with Gasteiger partial charge in [0.1, 0.15) is 11.4 Å². The van der Waals surface area contributed by atoms with E-state index >= 15 is 0 Å². The van der Waals surface area contributed by atoms with Crippen LogP contribution in [0.3, 0.4) is 0 Å². The van der Waals surface area contributed by atoms with Crippen LogP contribution in [0.25, 0.3) is 10.9 Å². The number of carbonyl (C=O) groups excluding carboxylic acids is 1. The Hall–Kier alpha value is -3.92. The Balaban J connectivity index is 1.53. The second kappa shape index (κ2) is 9.70. The summed E-state index contributed by atoms with van der Waals surface area (Å²) in [5, 5.41) is 6.62. The zero-order valence-electron chi connectivity index (χ0n) is 17.6. The number of nitrogens with one attached hydrogen (secondary N) is 2. The Morgan fingerprint density at radius 2 is 1.61 bits per heavy atom. The van der Waals surface area contributed by atoms with Gasteiger partial charge in [-0.15, -0.1) is 0 Å². The first-order chi connectivity index (χ1) is 16.0. The molecule has 1 heterocycles. The van der Waals surface area contributed by atoms with E-state index < -0.39 is 17.7 Å². The normalized spacial score (nSPS) is 10.7. The van der Waals surface area contributed by atoms with Crippen molar-refractivity contribution in [3.8, 4) is 11.5 Å². The lowest BCUT2D eigenvalue weighted by Crippen LogP contribution is -2.19. The number of ether oxygens (including phenoxy) is 2. The van der Waals surface area contributed by atoms with Crippen molar-refractivity contribution in [2.75, 3.05) is 24.9 Å². The highest BCUT2D eigenvalue weighted by Gasteiger charge is 2.13. The molecular weight excluding hydrogens is 450 g/mol. The molecule has 0 aliphatic carbocycles. The third-order valence-corrected chi connectivity index (χ3v) is 5.60. The summed E-state index contributed by atoms with van der Waals surface area (Å²) >= 11 is 1.39. The molecule has 33 heavy (non-hydrogen) atoms. The summed E-state index contributed by atoms with van der Waals surface area (Å²) in [6.07, 6.45) is 1.47. The molecule has 168 valence electrons. The van der Waals surface area contributed by atoms with Gasteiger partial charge in [-0.25, -0.2) is 23.5 Å². The molecule has 0 radical (unpaired) electrons. The highest BCUT2D eigenvalue weighted by Crippen LogP contribution is 2.37. The summed E-state index contributed by atoms with van der Waals surface area (Å²) in [6, 6.07) is 13.3. The molecule has 0 saturated carbocycles. The average molecular weight is 468 g/mol. The molecule has 0 bridgehead atoms. The van der Waals surface area contributed by atoms with Gasteiger partial charge in [-0.2, -0.15) is 0 Å². The van der Waals surface area contributed by atoms with Crippen molar-refractivity contribution in [2.24, 2.45) is 0 Å². The van der Waals surface area contributed by atoms with Gasteiger partial charge in [0.05, 0.1) is 19.7 Å². The first-order valence-electron chi connectivity index (χ1n) is 9.64. The number of methoxy groups -OCH3 is 2.